The largest absolute Gasteiger partial charge is 0.462 e. The zero-order valence-electron chi connectivity index (χ0n) is 55.1. The molecule has 0 rings (SSSR count). The molecule has 0 spiro atoms. The zero-order valence-corrected chi connectivity index (χ0v) is 55.1. The van der Waals surface area contributed by atoms with Crippen molar-refractivity contribution in [1.29, 1.82) is 0 Å². The summed E-state index contributed by atoms with van der Waals surface area (Å²) in [5, 5.41) is 0. The summed E-state index contributed by atoms with van der Waals surface area (Å²) in [6, 6.07) is 0. The van der Waals surface area contributed by atoms with E-state index in [2.05, 4.69) is 45.1 Å². The number of hydrogen-bond acceptors (Lipinski definition) is 6. The van der Waals surface area contributed by atoms with E-state index < -0.39 is 6.10 Å². The number of rotatable bonds is 69. The van der Waals surface area contributed by atoms with E-state index in [-0.39, 0.29) is 31.1 Å². The Kier molecular flexibility index (Phi) is 68.5. The minimum absolute atomic E-state index is 0.0669. The predicted octanol–water partition coefficient (Wildman–Crippen LogP) is 25.3. The minimum Gasteiger partial charge on any atom is -0.462 e. The predicted molar refractivity (Wildman–Crippen MR) is 353 cm³/mol. The van der Waals surface area contributed by atoms with Crippen molar-refractivity contribution in [2.45, 2.75) is 425 Å². The first-order valence-electron chi connectivity index (χ1n) is 36.8. The van der Waals surface area contributed by atoms with Gasteiger partial charge in [0.1, 0.15) is 13.2 Å². The van der Waals surface area contributed by atoms with Gasteiger partial charge in [-0.25, -0.2) is 0 Å². The molecule has 0 saturated carbocycles. The Morgan fingerprint density at radius 1 is 0.247 bits per heavy atom. The molecule has 0 aromatic heterocycles. The van der Waals surface area contributed by atoms with E-state index in [1.807, 2.05) is 0 Å². The number of hydrogen-bond donors (Lipinski definition) is 0. The molecule has 6 heteroatoms. The first-order valence-corrected chi connectivity index (χ1v) is 36.8. The van der Waals surface area contributed by atoms with Crippen LogP contribution in [0.3, 0.4) is 0 Å². The van der Waals surface area contributed by atoms with Gasteiger partial charge in [0.25, 0.3) is 0 Å². The van der Waals surface area contributed by atoms with Gasteiger partial charge in [0.15, 0.2) is 6.10 Å². The summed E-state index contributed by atoms with van der Waals surface area (Å²) in [7, 11) is 0. The molecule has 0 amide bonds. The third kappa shape index (κ3) is 68.6. The average Bonchev–Trinajstić information content (AvgIpc) is 3.47. The Morgan fingerprint density at radius 3 is 0.704 bits per heavy atom. The smallest absolute Gasteiger partial charge is 0.306 e. The first kappa shape index (κ1) is 78.9. The van der Waals surface area contributed by atoms with Crippen LogP contribution in [0.2, 0.25) is 0 Å². The van der Waals surface area contributed by atoms with Gasteiger partial charge in [-0.1, -0.05) is 373 Å². The van der Waals surface area contributed by atoms with E-state index in [0.717, 1.165) is 64.2 Å². The van der Waals surface area contributed by atoms with Crippen LogP contribution in [0.15, 0.2) is 24.3 Å². The first-order chi connectivity index (χ1) is 40.0. The molecule has 0 aromatic carbocycles. The summed E-state index contributed by atoms with van der Waals surface area (Å²) in [4.78, 5) is 38.3. The van der Waals surface area contributed by atoms with E-state index in [0.29, 0.717) is 19.3 Å². The minimum atomic E-state index is -0.770. The topological polar surface area (TPSA) is 78.9 Å². The van der Waals surface area contributed by atoms with Gasteiger partial charge in [-0.05, 0) is 51.4 Å². The third-order valence-corrected chi connectivity index (χ3v) is 17.0. The molecular weight excluding hydrogens is 997 g/mol. The zero-order chi connectivity index (χ0) is 58.5. The van der Waals surface area contributed by atoms with Gasteiger partial charge in [-0.15, -0.1) is 0 Å². The van der Waals surface area contributed by atoms with Gasteiger partial charge in [0, 0.05) is 19.3 Å². The number of esters is 3. The second kappa shape index (κ2) is 70.4. The average molecular weight is 1140 g/mol. The van der Waals surface area contributed by atoms with Crippen molar-refractivity contribution in [2.24, 2.45) is 0 Å². The molecule has 0 N–H and O–H groups in total. The molecule has 81 heavy (non-hydrogen) atoms. The van der Waals surface area contributed by atoms with Crippen molar-refractivity contribution in [2.75, 3.05) is 13.2 Å². The molecule has 0 aliphatic heterocycles. The Morgan fingerprint density at radius 2 is 0.444 bits per heavy atom. The Labute approximate surface area is 506 Å². The Bertz CT molecular complexity index is 1310. The van der Waals surface area contributed by atoms with Gasteiger partial charge in [0.2, 0.25) is 0 Å². The van der Waals surface area contributed by atoms with Crippen LogP contribution in [0.5, 0.6) is 0 Å². The lowest BCUT2D eigenvalue weighted by molar-refractivity contribution is -0.167. The van der Waals surface area contributed by atoms with Crippen LogP contribution in [0.1, 0.15) is 419 Å². The number of allylic oxidation sites excluding steroid dienone is 4. The fourth-order valence-electron chi connectivity index (χ4n) is 11.4. The highest BCUT2D eigenvalue weighted by molar-refractivity contribution is 5.71. The van der Waals surface area contributed by atoms with Gasteiger partial charge in [0.05, 0.1) is 0 Å². The van der Waals surface area contributed by atoms with Crippen molar-refractivity contribution in [1.82, 2.24) is 0 Å². The molecule has 0 bridgehead atoms. The van der Waals surface area contributed by atoms with Crippen LogP contribution in [-0.4, -0.2) is 37.2 Å². The van der Waals surface area contributed by atoms with Gasteiger partial charge >= 0.3 is 17.9 Å². The number of unbranched alkanes of at least 4 members (excludes halogenated alkanes) is 54. The number of carbonyl (C=O) groups excluding carboxylic acids is 3. The number of carbonyl (C=O) groups is 3. The van der Waals surface area contributed by atoms with E-state index >= 15 is 0 Å². The Balaban J connectivity index is 4.02. The highest BCUT2D eigenvalue weighted by atomic mass is 16.6. The van der Waals surface area contributed by atoms with Crippen LogP contribution < -0.4 is 0 Å². The second-order valence-electron chi connectivity index (χ2n) is 25.2. The summed E-state index contributed by atoms with van der Waals surface area (Å²) in [5.41, 5.74) is 0. The highest BCUT2D eigenvalue weighted by Crippen LogP contribution is 2.19. The monoisotopic (exact) mass is 1140 g/mol. The lowest BCUT2D eigenvalue weighted by Gasteiger charge is -2.18. The molecule has 1 unspecified atom stereocenters. The van der Waals surface area contributed by atoms with E-state index in [1.54, 1.807) is 0 Å². The van der Waals surface area contributed by atoms with Crippen LogP contribution in [0, 0.1) is 0 Å². The molecule has 0 heterocycles. The van der Waals surface area contributed by atoms with Crippen LogP contribution in [-0.2, 0) is 28.6 Å². The maximum Gasteiger partial charge on any atom is 0.306 e. The summed E-state index contributed by atoms with van der Waals surface area (Å²) in [6.45, 7) is 6.68. The molecule has 478 valence electrons. The summed E-state index contributed by atoms with van der Waals surface area (Å²) >= 11 is 0. The molecule has 0 aliphatic carbocycles. The van der Waals surface area contributed by atoms with Crippen molar-refractivity contribution in [3.8, 4) is 0 Å². The van der Waals surface area contributed by atoms with E-state index in [1.165, 1.54) is 315 Å². The fourth-order valence-corrected chi connectivity index (χ4v) is 11.4. The fraction of sp³-hybridized carbons (Fsp3) is 0.907. The number of ether oxygens (including phenoxy) is 3. The summed E-state index contributed by atoms with van der Waals surface area (Å²) < 4.78 is 17.0. The molecule has 0 radical (unpaired) electrons. The quantitative estimate of drug-likeness (QED) is 0.0261. The van der Waals surface area contributed by atoms with E-state index in [9.17, 15) is 14.4 Å². The van der Waals surface area contributed by atoms with Crippen molar-refractivity contribution in [3.63, 3.8) is 0 Å². The SMILES string of the molecule is CCCCC/C=C\C/C=C\CCCCCCCCCCCC(=O)OC(COC(=O)CCCCCCCCCCCC)COC(=O)CCCCCCCCCCCCCCCCCCCCCCCCCCCCCCCCCCCC. The van der Waals surface area contributed by atoms with Crippen LogP contribution in [0.4, 0.5) is 0 Å². The molecule has 1 atom stereocenters. The third-order valence-electron chi connectivity index (χ3n) is 17.0. The van der Waals surface area contributed by atoms with Gasteiger partial charge in [-0.3, -0.25) is 14.4 Å². The normalized spacial score (nSPS) is 12.1. The maximum absolute atomic E-state index is 12.9. The van der Waals surface area contributed by atoms with Crippen molar-refractivity contribution in [3.05, 3.63) is 24.3 Å². The lowest BCUT2D eigenvalue weighted by Crippen LogP contribution is -2.30. The standard InChI is InChI=1S/C75H142O6/c1-4-7-10-13-16-19-22-24-26-28-30-31-32-33-34-35-36-37-38-39-40-41-42-43-44-46-47-49-51-53-56-59-62-65-68-74(77)80-71-72(70-79-73(76)67-64-61-58-55-21-18-15-12-9-6-3)81-75(78)69-66-63-60-57-54-52-50-48-45-29-27-25-23-20-17-14-11-8-5-2/h17,20,25,27,72H,4-16,18-19,21-24,26,28-71H2,1-3H3/b20-17-,27-25-. The van der Waals surface area contributed by atoms with Crippen LogP contribution in [0.25, 0.3) is 0 Å². The molecule has 6 nitrogen and oxygen atoms in total. The molecule has 0 aromatic rings. The summed E-state index contributed by atoms with van der Waals surface area (Å²) in [5.74, 6) is -0.843. The molecule has 0 aliphatic rings. The van der Waals surface area contributed by atoms with Gasteiger partial charge < -0.3 is 14.2 Å². The van der Waals surface area contributed by atoms with Gasteiger partial charge in [-0.2, -0.15) is 0 Å². The molecule has 0 fully saturated rings. The lowest BCUT2D eigenvalue weighted by atomic mass is 10.0. The molecule has 0 saturated heterocycles. The summed E-state index contributed by atoms with van der Waals surface area (Å²) in [6.07, 6.45) is 86.7. The van der Waals surface area contributed by atoms with E-state index in [4.69, 9.17) is 14.2 Å². The highest BCUT2D eigenvalue weighted by Gasteiger charge is 2.20. The van der Waals surface area contributed by atoms with Crippen LogP contribution >= 0.6 is 0 Å². The van der Waals surface area contributed by atoms with Crippen molar-refractivity contribution >= 4 is 17.9 Å². The molecular formula is C75H142O6. The van der Waals surface area contributed by atoms with Crippen molar-refractivity contribution < 1.29 is 28.6 Å². The second-order valence-corrected chi connectivity index (χ2v) is 25.2. The Hall–Kier alpha value is -2.11. The maximum atomic E-state index is 12.9.